The second-order valence-electron chi connectivity index (χ2n) is 3.81. The van der Waals surface area contributed by atoms with Gasteiger partial charge in [0, 0.05) is 11.3 Å². The van der Waals surface area contributed by atoms with Gasteiger partial charge in [-0.1, -0.05) is 0 Å². The largest absolute Gasteiger partial charge is 0.306 e. The van der Waals surface area contributed by atoms with Crippen LogP contribution in [0.25, 0.3) is 0 Å². The molecular formula is C10H14N2OS. The van der Waals surface area contributed by atoms with Crippen molar-refractivity contribution in [2.75, 3.05) is 20.1 Å². The van der Waals surface area contributed by atoms with Gasteiger partial charge in [-0.15, -0.1) is 11.3 Å². The first-order valence-corrected chi connectivity index (χ1v) is 5.76. The number of likely N-dealkylation sites (tertiary alicyclic amines) is 1. The average Bonchev–Trinajstić information content (AvgIpc) is 2.67. The van der Waals surface area contributed by atoms with Crippen LogP contribution < -0.4 is 0 Å². The molecule has 0 amide bonds. The van der Waals surface area contributed by atoms with E-state index in [1.807, 2.05) is 5.38 Å². The number of aldehydes is 1. The van der Waals surface area contributed by atoms with E-state index in [4.69, 9.17) is 0 Å². The van der Waals surface area contributed by atoms with Crippen LogP contribution in [0.1, 0.15) is 34.3 Å². The van der Waals surface area contributed by atoms with Crippen LogP contribution in [0.4, 0.5) is 0 Å². The van der Waals surface area contributed by atoms with E-state index in [0.29, 0.717) is 10.9 Å². The molecule has 0 aliphatic carbocycles. The zero-order valence-electron chi connectivity index (χ0n) is 8.27. The summed E-state index contributed by atoms with van der Waals surface area (Å²) in [5.74, 6) is 0.566. The third kappa shape index (κ3) is 2.01. The fourth-order valence-corrected chi connectivity index (χ4v) is 2.55. The first-order valence-electron chi connectivity index (χ1n) is 4.88. The minimum atomic E-state index is 0.566. The van der Waals surface area contributed by atoms with Gasteiger partial charge in [-0.3, -0.25) is 4.79 Å². The number of carbonyl (C=O) groups excluding carboxylic acids is 1. The second kappa shape index (κ2) is 4.19. The number of carbonyl (C=O) groups is 1. The van der Waals surface area contributed by atoms with Gasteiger partial charge in [0.2, 0.25) is 0 Å². The molecule has 0 aromatic carbocycles. The maximum Gasteiger partial charge on any atom is 0.178 e. The van der Waals surface area contributed by atoms with Gasteiger partial charge in [-0.25, -0.2) is 4.98 Å². The van der Waals surface area contributed by atoms with E-state index in [0.717, 1.165) is 25.1 Å². The Balaban J connectivity index is 2.04. The van der Waals surface area contributed by atoms with Crippen LogP contribution in [-0.4, -0.2) is 36.3 Å². The van der Waals surface area contributed by atoms with Gasteiger partial charge in [0.1, 0.15) is 0 Å². The molecule has 1 fully saturated rings. The Morgan fingerprint density at radius 2 is 2.29 bits per heavy atom. The van der Waals surface area contributed by atoms with Crippen molar-refractivity contribution >= 4 is 17.6 Å². The Labute approximate surface area is 87.8 Å². The predicted molar refractivity (Wildman–Crippen MR) is 57.0 cm³/mol. The minimum Gasteiger partial charge on any atom is -0.306 e. The van der Waals surface area contributed by atoms with Crippen LogP contribution in [0.5, 0.6) is 0 Å². The molecule has 1 aromatic heterocycles. The standard InChI is InChI=1S/C10H14N2OS/c1-12-4-2-8(3-5-12)9-7-14-10(6-13)11-9/h6-8H,2-5H2,1H3. The van der Waals surface area contributed by atoms with Gasteiger partial charge in [-0.2, -0.15) is 0 Å². The minimum absolute atomic E-state index is 0.566. The molecule has 1 aliphatic rings. The maximum atomic E-state index is 10.5. The molecule has 76 valence electrons. The van der Waals surface area contributed by atoms with E-state index in [9.17, 15) is 4.79 Å². The molecule has 0 spiro atoms. The molecule has 2 rings (SSSR count). The van der Waals surface area contributed by atoms with E-state index < -0.39 is 0 Å². The first-order chi connectivity index (χ1) is 6.79. The lowest BCUT2D eigenvalue weighted by Gasteiger charge is -2.27. The highest BCUT2D eigenvalue weighted by Crippen LogP contribution is 2.27. The van der Waals surface area contributed by atoms with Crippen LogP contribution in [0.3, 0.4) is 0 Å². The van der Waals surface area contributed by atoms with Crippen molar-refractivity contribution in [3.05, 3.63) is 16.1 Å². The summed E-state index contributed by atoms with van der Waals surface area (Å²) < 4.78 is 0. The Bertz CT molecular complexity index is 316. The highest BCUT2D eigenvalue weighted by Gasteiger charge is 2.20. The smallest absolute Gasteiger partial charge is 0.178 e. The number of piperidine rings is 1. The zero-order valence-corrected chi connectivity index (χ0v) is 9.09. The average molecular weight is 210 g/mol. The number of rotatable bonds is 2. The zero-order chi connectivity index (χ0) is 9.97. The van der Waals surface area contributed by atoms with Crippen molar-refractivity contribution in [3.63, 3.8) is 0 Å². The monoisotopic (exact) mass is 210 g/mol. The molecule has 1 aromatic rings. The Morgan fingerprint density at radius 1 is 1.57 bits per heavy atom. The van der Waals surface area contributed by atoms with Gasteiger partial charge in [0.25, 0.3) is 0 Å². The van der Waals surface area contributed by atoms with Gasteiger partial charge >= 0.3 is 0 Å². The molecule has 4 heteroatoms. The summed E-state index contributed by atoms with van der Waals surface area (Å²) >= 11 is 1.45. The van der Waals surface area contributed by atoms with Gasteiger partial charge in [-0.05, 0) is 33.0 Å². The SMILES string of the molecule is CN1CCC(c2csc(C=O)n2)CC1. The number of aromatic nitrogens is 1. The van der Waals surface area contributed by atoms with Crippen molar-refractivity contribution in [2.45, 2.75) is 18.8 Å². The summed E-state index contributed by atoms with van der Waals surface area (Å²) in [6.07, 6.45) is 3.17. The quantitative estimate of drug-likeness (QED) is 0.697. The Morgan fingerprint density at radius 3 is 2.86 bits per heavy atom. The van der Waals surface area contributed by atoms with Crippen LogP contribution in [-0.2, 0) is 0 Å². The maximum absolute atomic E-state index is 10.5. The second-order valence-corrected chi connectivity index (χ2v) is 4.70. The lowest BCUT2D eigenvalue weighted by Crippen LogP contribution is -2.29. The Kier molecular flexibility index (Phi) is 2.93. The highest BCUT2D eigenvalue weighted by molar-refractivity contribution is 7.11. The van der Waals surface area contributed by atoms with E-state index in [1.165, 1.54) is 24.2 Å². The number of hydrogen-bond donors (Lipinski definition) is 0. The van der Waals surface area contributed by atoms with Crippen molar-refractivity contribution in [1.82, 2.24) is 9.88 Å². The van der Waals surface area contributed by atoms with E-state index in [1.54, 1.807) is 0 Å². The van der Waals surface area contributed by atoms with Crippen molar-refractivity contribution in [1.29, 1.82) is 0 Å². The van der Waals surface area contributed by atoms with Gasteiger partial charge in [0.05, 0.1) is 5.69 Å². The molecule has 0 bridgehead atoms. The first kappa shape index (κ1) is 9.80. The molecule has 3 nitrogen and oxygen atoms in total. The molecule has 1 saturated heterocycles. The Hall–Kier alpha value is -0.740. The van der Waals surface area contributed by atoms with Crippen LogP contribution in [0.2, 0.25) is 0 Å². The lowest BCUT2D eigenvalue weighted by atomic mass is 9.95. The van der Waals surface area contributed by atoms with Gasteiger partial charge in [0.15, 0.2) is 11.3 Å². The van der Waals surface area contributed by atoms with Gasteiger partial charge < -0.3 is 4.90 Å². The molecule has 2 heterocycles. The van der Waals surface area contributed by atoms with E-state index >= 15 is 0 Å². The molecule has 0 atom stereocenters. The summed E-state index contributed by atoms with van der Waals surface area (Å²) in [6, 6.07) is 0. The third-order valence-corrected chi connectivity index (χ3v) is 3.57. The summed E-state index contributed by atoms with van der Waals surface area (Å²) in [6.45, 7) is 2.28. The summed E-state index contributed by atoms with van der Waals surface area (Å²) in [5, 5.41) is 2.64. The van der Waals surface area contributed by atoms with Crippen molar-refractivity contribution in [3.8, 4) is 0 Å². The molecule has 0 radical (unpaired) electrons. The summed E-state index contributed by atoms with van der Waals surface area (Å²) in [4.78, 5) is 17.1. The van der Waals surface area contributed by atoms with Crippen LogP contribution in [0.15, 0.2) is 5.38 Å². The summed E-state index contributed by atoms with van der Waals surface area (Å²) in [5.41, 5.74) is 1.12. The van der Waals surface area contributed by atoms with Crippen molar-refractivity contribution in [2.24, 2.45) is 0 Å². The van der Waals surface area contributed by atoms with E-state index in [2.05, 4.69) is 16.9 Å². The molecular weight excluding hydrogens is 196 g/mol. The van der Waals surface area contributed by atoms with Crippen molar-refractivity contribution < 1.29 is 4.79 Å². The predicted octanol–water partition coefficient (Wildman–Crippen LogP) is 1.76. The topological polar surface area (TPSA) is 33.2 Å². The third-order valence-electron chi connectivity index (χ3n) is 2.78. The molecule has 0 saturated carbocycles. The normalized spacial score (nSPS) is 19.8. The summed E-state index contributed by atoms with van der Waals surface area (Å²) in [7, 11) is 2.15. The van der Waals surface area contributed by atoms with E-state index in [-0.39, 0.29) is 0 Å². The molecule has 14 heavy (non-hydrogen) atoms. The number of hydrogen-bond acceptors (Lipinski definition) is 4. The molecule has 0 N–H and O–H groups in total. The number of nitrogens with zero attached hydrogens (tertiary/aromatic N) is 2. The fraction of sp³-hybridized carbons (Fsp3) is 0.600. The molecule has 1 aliphatic heterocycles. The van der Waals surface area contributed by atoms with Crippen LogP contribution in [0, 0.1) is 0 Å². The number of thiazole rings is 1. The van der Waals surface area contributed by atoms with Crippen LogP contribution >= 0.6 is 11.3 Å². The molecule has 0 unspecified atom stereocenters. The highest BCUT2D eigenvalue weighted by atomic mass is 32.1. The fourth-order valence-electron chi connectivity index (χ4n) is 1.85. The lowest BCUT2D eigenvalue weighted by molar-refractivity contribution is 0.112.